The van der Waals surface area contributed by atoms with E-state index in [1.54, 1.807) is 0 Å². The van der Waals surface area contributed by atoms with E-state index in [2.05, 4.69) is 0 Å². The molecule has 0 aliphatic heterocycles. The summed E-state index contributed by atoms with van der Waals surface area (Å²) < 4.78 is 18.2. The molecule has 88 valence electrons. The second kappa shape index (κ2) is 3.89. The number of halogens is 1. The molecule has 6 heteroatoms. The van der Waals surface area contributed by atoms with E-state index in [1.165, 1.54) is 12.1 Å². The van der Waals surface area contributed by atoms with Crippen molar-refractivity contribution in [3.63, 3.8) is 0 Å². The summed E-state index contributed by atoms with van der Waals surface area (Å²) in [6, 6.07) is 3.90. The zero-order valence-corrected chi connectivity index (χ0v) is 8.44. The Kier molecular flexibility index (Phi) is 2.55. The highest BCUT2D eigenvalue weighted by atomic mass is 19.1. The van der Waals surface area contributed by atoms with Gasteiger partial charge in [0.25, 0.3) is 0 Å². The Bertz CT molecular complexity index is 614. The van der Waals surface area contributed by atoms with Gasteiger partial charge < -0.3 is 14.6 Å². The molecule has 2 rings (SSSR count). The molecule has 0 bridgehead atoms. The predicted octanol–water partition coefficient (Wildman–Crippen LogP) is 1.90. The molecule has 2 aromatic rings. The molecule has 0 unspecified atom stereocenters. The fourth-order valence-corrected chi connectivity index (χ4v) is 1.64. The van der Waals surface area contributed by atoms with Gasteiger partial charge in [-0.3, -0.25) is 4.79 Å². The number of furan rings is 1. The van der Waals surface area contributed by atoms with Gasteiger partial charge in [0.2, 0.25) is 5.76 Å². The van der Waals surface area contributed by atoms with Crippen LogP contribution in [0, 0.1) is 5.82 Å². The highest BCUT2D eigenvalue weighted by Gasteiger charge is 2.23. The van der Waals surface area contributed by atoms with E-state index in [-0.39, 0.29) is 16.5 Å². The number of hydrogen-bond acceptors (Lipinski definition) is 3. The zero-order chi connectivity index (χ0) is 12.6. The summed E-state index contributed by atoms with van der Waals surface area (Å²) in [5, 5.41) is 17.7. The van der Waals surface area contributed by atoms with Crippen molar-refractivity contribution >= 4 is 22.9 Å². The van der Waals surface area contributed by atoms with Gasteiger partial charge >= 0.3 is 11.9 Å². The van der Waals surface area contributed by atoms with Crippen LogP contribution >= 0.6 is 0 Å². The van der Waals surface area contributed by atoms with Gasteiger partial charge in [-0.05, 0) is 6.07 Å². The normalized spacial score (nSPS) is 10.6. The number of carboxylic acid groups (broad SMARTS) is 2. The van der Waals surface area contributed by atoms with E-state index < -0.39 is 29.9 Å². The van der Waals surface area contributed by atoms with E-state index in [9.17, 15) is 14.0 Å². The summed E-state index contributed by atoms with van der Waals surface area (Å²) in [5.41, 5.74) is -0.263. The highest BCUT2D eigenvalue weighted by molar-refractivity contribution is 5.97. The lowest BCUT2D eigenvalue weighted by Crippen LogP contribution is -2.05. The van der Waals surface area contributed by atoms with Crippen molar-refractivity contribution in [2.24, 2.45) is 0 Å². The zero-order valence-electron chi connectivity index (χ0n) is 8.44. The average molecular weight is 238 g/mol. The Hall–Kier alpha value is -2.37. The first-order valence-electron chi connectivity index (χ1n) is 4.65. The molecule has 0 fully saturated rings. The molecule has 0 saturated carbocycles. The van der Waals surface area contributed by atoms with Crippen LogP contribution in [0.2, 0.25) is 0 Å². The largest absolute Gasteiger partial charge is 0.481 e. The summed E-state index contributed by atoms with van der Waals surface area (Å²) in [5.74, 6) is -3.88. The van der Waals surface area contributed by atoms with E-state index in [0.29, 0.717) is 0 Å². The number of fused-ring (bicyclic) bond motifs is 1. The molecule has 0 radical (unpaired) electrons. The Morgan fingerprint density at radius 1 is 1.29 bits per heavy atom. The van der Waals surface area contributed by atoms with Gasteiger partial charge in [-0.2, -0.15) is 0 Å². The smallest absolute Gasteiger partial charge is 0.372 e. The molecule has 0 amide bonds. The Labute approximate surface area is 94.1 Å². The fraction of sp³-hybridized carbons (Fsp3) is 0.0909. The molecule has 17 heavy (non-hydrogen) atoms. The number of aromatic carboxylic acids is 1. The molecule has 0 spiro atoms. The van der Waals surface area contributed by atoms with E-state index >= 15 is 0 Å². The monoisotopic (exact) mass is 238 g/mol. The first-order chi connectivity index (χ1) is 8.00. The summed E-state index contributed by atoms with van der Waals surface area (Å²) in [4.78, 5) is 21.5. The maximum absolute atomic E-state index is 13.3. The quantitative estimate of drug-likeness (QED) is 0.852. The maximum atomic E-state index is 13.3. The summed E-state index contributed by atoms with van der Waals surface area (Å²) >= 11 is 0. The van der Waals surface area contributed by atoms with Crippen LogP contribution in [0.15, 0.2) is 22.6 Å². The third-order valence-corrected chi connectivity index (χ3v) is 2.29. The average Bonchev–Trinajstić information content (AvgIpc) is 2.58. The molecule has 0 aliphatic carbocycles. The molecule has 0 saturated heterocycles. The van der Waals surface area contributed by atoms with Crippen molar-refractivity contribution in [2.75, 3.05) is 0 Å². The number of carbonyl (C=O) groups is 2. The molecule has 0 atom stereocenters. The highest BCUT2D eigenvalue weighted by Crippen LogP contribution is 2.28. The van der Waals surface area contributed by atoms with Crippen LogP contribution in [0.4, 0.5) is 4.39 Å². The summed E-state index contributed by atoms with van der Waals surface area (Å²) in [6.07, 6.45) is -0.530. The van der Waals surface area contributed by atoms with Gasteiger partial charge in [0.15, 0.2) is 11.4 Å². The van der Waals surface area contributed by atoms with Crippen LogP contribution in [-0.2, 0) is 11.2 Å². The third-order valence-electron chi connectivity index (χ3n) is 2.29. The van der Waals surface area contributed by atoms with E-state index in [0.717, 1.165) is 6.07 Å². The van der Waals surface area contributed by atoms with Crippen LogP contribution in [-0.4, -0.2) is 22.2 Å². The minimum Gasteiger partial charge on any atom is -0.481 e. The lowest BCUT2D eigenvalue weighted by molar-refractivity contribution is -0.136. The molecule has 1 aromatic carbocycles. The summed E-state index contributed by atoms with van der Waals surface area (Å²) in [6.45, 7) is 0. The standard InChI is InChI=1S/C11H7FO5/c12-7-3-1-2-5-6(4-8(13)14)10(11(15)16)17-9(5)7/h1-3H,4H2,(H,13,14)(H,15,16). The van der Waals surface area contributed by atoms with Gasteiger partial charge in [0.05, 0.1) is 6.42 Å². The van der Waals surface area contributed by atoms with Gasteiger partial charge in [0.1, 0.15) is 0 Å². The van der Waals surface area contributed by atoms with E-state index in [4.69, 9.17) is 14.6 Å². The lowest BCUT2D eigenvalue weighted by atomic mass is 10.1. The van der Waals surface area contributed by atoms with Crippen LogP contribution in [0.25, 0.3) is 11.0 Å². The third kappa shape index (κ3) is 1.84. The van der Waals surface area contributed by atoms with Crippen molar-refractivity contribution in [2.45, 2.75) is 6.42 Å². The van der Waals surface area contributed by atoms with Crippen molar-refractivity contribution in [3.8, 4) is 0 Å². The topological polar surface area (TPSA) is 87.7 Å². The maximum Gasteiger partial charge on any atom is 0.372 e. The van der Waals surface area contributed by atoms with Crippen molar-refractivity contribution in [3.05, 3.63) is 35.3 Å². The number of carboxylic acids is 2. The Morgan fingerprint density at radius 2 is 2.00 bits per heavy atom. The van der Waals surface area contributed by atoms with Crippen molar-refractivity contribution < 1.29 is 28.6 Å². The van der Waals surface area contributed by atoms with Gasteiger partial charge in [-0.1, -0.05) is 12.1 Å². The molecule has 0 aliphatic rings. The number of hydrogen-bond donors (Lipinski definition) is 2. The second-order valence-electron chi connectivity index (χ2n) is 3.40. The van der Waals surface area contributed by atoms with Crippen molar-refractivity contribution in [1.29, 1.82) is 0 Å². The fourth-order valence-electron chi connectivity index (χ4n) is 1.64. The van der Waals surface area contributed by atoms with E-state index in [1.807, 2.05) is 0 Å². The number of benzene rings is 1. The first-order valence-corrected chi connectivity index (χ1v) is 4.65. The second-order valence-corrected chi connectivity index (χ2v) is 3.40. The van der Waals surface area contributed by atoms with Crippen LogP contribution in [0.3, 0.4) is 0 Å². The lowest BCUT2D eigenvalue weighted by Gasteiger charge is -1.95. The van der Waals surface area contributed by atoms with Crippen LogP contribution < -0.4 is 0 Å². The predicted molar refractivity (Wildman–Crippen MR) is 54.5 cm³/mol. The van der Waals surface area contributed by atoms with Crippen LogP contribution in [0.5, 0.6) is 0 Å². The number of rotatable bonds is 3. The van der Waals surface area contributed by atoms with Gasteiger partial charge in [0, 0.05) is 10.9 Å². The Morgan fingerprint density at radius 3 is 2.59 bits per heavy atom. The molecule has 1 heterocycles. The van der Waals surface area contributed by atoms with Gasteiger partial charge in [-0.25, -0.2) is 9.18 Å². The van der Waals surface area contributed by atoms with Gasteiger partial charge in [-0.15, -0.1) is 0 Å². The Balaban J connectivity index is 2.75. The molecule has 1 aromatic heterocycles. The minimum absolute atomic E-state index is 0.0282. The van der Waals surface area contributed by atoms with Crippen LogP contribution in [0.1, 0.15) is 16.1 Å². The summed E-state index contributed by atoms with van der Waals surface area (Å²) in [7, 11) is 0. The molecular formula is C11H7FO5. The number of para-hydroxylation sites is 1. The molecule has 5 nitrogen and oxygen atoms in total. The van der Waals surface area contributed by atoms with Crippen molar-refractivity contribution in [1.82, 2.24) is 0 Å². The SMILES string of the molecule is O=C(O)Cc1c(C(=O)O)oc2c(F)cccc12. The minimum atomic E-state index is -1.42. The molecule has 2 N–H and O–H groups in total. The first kappa shape index (κ1) is 11.1. The number of aliphatic carboxylic acids is 1. The molecular weight excluding hydrogens is 231 g/mol.